The van der Waals surface area contributed by atoms with Gasteiger partial charge in [-0.3, -0.25) is 4.98 Å². The summed E-state index contributed by atoms with van der Waals surface area (Å²) < 4.78 is 28.7. The predicted molar refractivity (Wildman–Crippen MR) is 77.4 cm³/mol. The number of nitrogens with one attached hydrogen (secondary N) is 1. The Morgan fingerprint density at radius 1 is 1.14 bits per heavy atom. The third-order valence-corrected chi connectivity index (χ3v) is 3.05. The van der Waals surface area contributed by atoms with Crippen LogP contribution in [0.4, 0.5) is 8.78 Å². The van der Waals surface area contributed by atoms with Crippen molar-refractivity contribution in [3.63, 3.8) is 0 Å². The standard InChI is InChI=1S/C16H18F2N2O/c1-2-9-20-15(13-4-3-10-19-11-13)12-5-7-14(8-6-12)21-16(17)18/h3-8,10-11,15-16,20H,2,9H2,1H3. The van der Waals surface area contributed by atoms with Crippen LogP contribution in [0.5, 0.6) is 5.75 Å². The van der Waals surface area contributed by atoms with Crippen LogP contribution < -0.4 is 10.1 Å². The Bertz CT molecular complexity index is 532. The molecule has 0 aliphatic carbocycles. The Labute approximate surface area is 123 Å². The fourth-order valence-electron chi connectivity index (χ4n) is 2.11. The van der Waals surface area contributed by atoms with Crippen molar-refractivity contribution in [2.75, 3.05) is 6.54 Å². The average Bonchev–Trinajstić information content (AvgIpc) is 2.50. The van der Waals surface area contributed by atoms with Gasteiger partial charge in [0.15, 0.2) is 0 Å². The lowest BCUT2D eigenvalue weighted by Crippen LogP contribution is -2.23. The minimum Gasteiger partial charge on any atom is -0.435 e. The van der Waals surface area contributed by atoms with Gasteiger partial charge in [-0.25, -0.2) is 0 Å². The minimum absolute atomic E-state index is 0.0146. The highest BCUT2D eigenvalue weighted by Crippen LogP contribution is 2.24. The number of rotatable bonds is 7. The summed E-state index contributed by atoms with van der Waals surface area (Å²) in [6.45, 7) is 0.144. The zero-order chi connectivity index (χ0) is 15.1. The minimum atomic E-state index is -2.80. The van der Waals surface area contributed by atoms with Crippen molar-refractivity contribution < 1.29 is 13.5 Å². The first kappa shape index (κ1) is 15.4. The second-order valence-electron chi connectivity index (χ2n) is 4.62. The van der Waals surface area contributed by atoms with Crippen molar-refractivity contribution in [1.29, 1.82) is 0 Å². The number of aromatic nitrogens is 1. The highest BCUT2D eigenvalue weighted by molar-refractivity contribution is 5.34. The zero-order valence-electron chi connectivity index (χ0n) is 11.8. The number of hydrogen-bond donors (Lipinski definition) is 1. The Kier molecular flexibility index (Phi) is 5.63. The first-order valence-electron chi connectivity index (χ1n) is 6.88. The molecule has 1 aromatic heterocycles. The lowest BCUT2D eigenvalue weighted by molar-refractivity contribution is -0.0498. The van der Waals surface area contributed by atoms with Crippen molar-refractivity contribution in [2.24, 2.45) is 0 Å². The number of ether oxygens (including phenoxy) is 1. The molecule has 1 unspecified atom stereocenters. The Hall–Kier alpha value is -2.01. The van der Waals surface area contributed by atoms with E-state index in [4.69, 9.17) is 0 Å². The van der Waals surface area contributed by atoms with Crippen molar-refractivity contribution >= 4 is 0 Å². The summed E-state index contributed by atoms with van der Waals surface area (Å²) in [5.74, 6) is 0.161. The third kappa shape index (κ3) is 4.49. The van der Waals surface area contributed by atoms with Gasteiger partial charge < -0.3 is 10.1 Å². The van der Waals surface area contributed by atoms with Gasteiger partial charge in [-0.2, -0.15) is 8.78 Å². The van der Waals surface area contributed by atoms with Crippen molar-refractivity contribution in [3.05, 3.63) is 59.9 Å². The molecule has 1 aromatic carbocycles. The van der Waals surface area contributed by atoms with Crippen molar-refractivity contribution in [1.82, 2.24) is 10.3 Å². The molecule has 0 aliphatic rings. The molecule has 1 N–H and O–H groups in total. The van der Waals surface area contributed by atoms with Gasteiger partial charge in [-0.1, -0.05) is 25.1 Å². The van der Waals surface area contributed by atoms with Crippen molar-refractivity contribution in [2.45, 2.75) is 26.0 Å². The van der Waals surface area contributed by atoms with E-state index in [1.165, 1.54) is 0 Å². The highest BCUT2D eigenvalue weighted by Gasteiger charge is 2.14. The van der Waals surface area contributed by atoms with E-state index >= 15 is 0 Å². The molecule has 0 saturated heterocycles. The van der Waals surface area contributed by atoms with Crippen LogP contribution in [0.15, 0.2) is 48.8 Å². The van der Waals surface area contributed by atoms with E-state index in [0.29, 0.717) is 0 Å². The van der Waals surface area contributed by atoms with E-state index in [-0.39, 0.29) is 11.8 Å². The molecule has 112 valence electrons. The summed E-state index contributed by atoms with van der Waals surface area (Å²) in [6, 6.07) is 10.5. The van der Waals surface area contributed by atoms with Crippen LogP contribution in [0.3, 0.4) is 0 Å². The van der Waals surface area contributed by atoms with Crippen LogP contribution in [0, 0.1) is 0 Å². The quantitative estimate of drug-likeness (QED) is 0.843. The normalized spacial score (nSPS) is 12.4. The molecule has 0 radical (unpaired) electrons. The van der Waals surface area contributed by atoms with Crippen molar-refractivity contribution in [3.8, 4) is 5.75 Å². The first-order chi connectivity index (χ1) is 10.2. The van der Waals surface area contributed by atoms with E-state index in [1.54, 1.807) is 36.7 Å². The van der Waals surface area contributed by atoms with Crippen LogP contribution in [0.1, 0.15) is 30.5 Å². The molecular weight excluding hydrogens is 274 g/mol. The molecule has 0 bridgehead atoms. The Morgan fingerprint density at radius 2 is 1.90 bits per heavy atom. The van der Waals surface area contributed by atoms with Crippen LogP contribution in [0.2, 0.25) is 0 Å². The topological polar surface area (TPSA) is 34.1 Å². The summed E-state index contributed by atoms with van der Waals surface area (Å²) in [4.78, 5) is 4.13. The molecule has 2 aromatic rings. The lowest BCUT2D eigenvalue weighted by Gasteiger charge is -2.19. The maximum Gasteiger partial charge on any atom is 0.387 e. The fraction of sp³-hybridized carbons (Fsp3) is 0.312. The maximum absolute atomic E-state index is 12.2. The molecule has 1 heterocycles. The van der Waals surface area contributed by atoms with Gasteiger partial charge in [0, 0.05) is 12.4 Å². The van der Waals surface area contributed by atoms with Gasteiger partial charge in [0.2, 0.25) is 0 Å². The Morgan fingerprint density at radius 3 is 2.48 bits per heavy atom. The van der Waals surface area contributed by atoms with Gasteiger partial charge >= 0.3 is 6.61 Å². The van der Waals surface area contributed by atoms with Crippen LogP contribution >= 0.6 is 0 Å². The number of hydrogen-bond acceptors (Lipinski definition) is 3. The molecule has 0 fully saturated rings. The molecule has 3 nitrogen and oxygen atoms in total. The number of nitrogens with zero attached hydrogens (tertiary/aromatic N) is 1. The predicted octanol–water partition coefficient (Wildman–Crippen LogP) is 3.77. The molecule has 5 heteroatoms. The lowest BCUT2D eigenvalue weighted by atomic mass is 10.00. The van der Waals surface area contributed by atoms with E-state index in [0.717, 1.165) is 24.1 Å². The van der Waals surface area contributed by atoms with E-state index in [1.807, 2.05) is 12.1 Å². The van der Waals surface area contributed by atoms with Gasteiger partial charge in [-0.15, -0.1) is 0 Å². The summed E-state index contributed by atoms with van der Waals surface area (Å²) >= 11 is 0. The maximum atomic E-state index is 12.2. The molecule has 0 amide bonds. The number of alkyl halides is 2. The van der Waals surface area contributed by atoms with Gasteiger partial charge in [-0.05, 0) is 42.3 Å². The molecule has 21 heavy (non-hydrogen) atoms. The van der Waals surface area contributed by atoms with Gasteiger partial charge in [0.1, 0.15) is 5.75 Å². The molecule has 2 rings (SSSR count). The Balaban J connectivity index is 2.20. The summed E-state index contributed by atoms with van der Waals surface area (Å²) in [5, 5.41) is 3.43. The summed E-state index contributed by atoms with van der Waals surface area (Å²) in [7, 11) is 0. The monoisotopic (exact) mass is 292 g/mol. The number of benzene rings is 1. The van der Waals surface area contributed by atoms with Crippen LogP contribution in [-0.4, -0.2) is 18.1 Å². The SMILES string of the molecule is CCCNC(c1ccc(OC(F)F)cc1)c1cccnc1. The van der Waals surface area contributed by atoms with E-state index in [9.17, 15) is 8.78 Å². The molecule has 0 aliphatic heterocycles. The molecule has 0 spiro atoms. The zero-order valence-corrected chi connectivity index (χ0v) is 11.8. The number of pyridine rings is 1. The second kappa shape index (κ2) is 7.69. The van der Waals surface area contributed by atoms with E-state index < -0.39 is 6.61 Å². The molecule has 0 saturated carbocycles. The summed E-state index contributed by atoms with van der Waals surface area (Å²) in [6.07, 6.45) is 4.53. The van der Waals surface area contributed by atoms with Gasteiger partial charge in [0.25, 0.3) is 0 Å². The first-order valence-corrected chi connectivity index (χ1v) is 6.88. The number of halogens is 2. The average molecular weight is 292 g/mol. The van der Waals surface area contributed by atoms with Crippen LogP contribution in [-0.2, 0) is 0 Å². The van der Waals surface area contributed by atoms with E-state index in [2.05, 4.69) is 22.0 Å². The summed E-state index contributed by atoms with van der Waals surface area (Å²) in [5.41, 5.74) is 2.02. The smallest absolute Gasteiger partial charge is 0.387 e. The largest absolute Gasteiger partial charge is 0.435 e. The van der Waals surface area contributed by atoms with Gasteiger partial charge in [0.05, 0.1) is 6.04 Å². The second-order valence-corrected chi connectivity index (χ2v) is 4.62. The molecule has 1 atom stereocenters. The van der Waals surface area contributed by atoms with Crippen LogP contribution in [0.25, 0.3) is 0 Å². The third-order valence-electron chi connectivity index (χ3n) is 3.05. The highest BCUT2D eigenvalue weighted by atomic mass is 19.3. The fourth-order valence-corrected chi connectivity index (χ4v) is 2.11. The molecular formula is C16H18F2N2O.